The maximum Gasteiger partial charge on any atom is 0.325 e. The number of benzene rings is 2. The van der Waals surface area contributed by atoms with Crippen LogP contribution >= 0.6 is 0 Å². The van der Waals surface area contributed by atoms with E-state index in [1.807, 2.05) is 0 Å². The van der Waals surface area contributed by atoms with Crippen LogP contribution in [0.3, 0.4) is 0 Å². The average molecular weight is 403 g/mol. The fourth-order valence-electron chi connectivity index (χ4n) is 3.18. The van der Waals surface area contributed by atoms with Gasteiger partial charge < -0.3 is 15.4 Å². The highest BCUT2D eigenvalue weighted by Crippen LogP contribution is 2.27. The van der Waals surface area contributed by atoms with Gasteiger partial charge in [-0.3, -0.25) is 14.5 Å². The SMILES string of the molecule is COc1ccccc1C[C@]1(C)NC(=O)N(CC(=O)Nc2c(F)cccc2F)C1=O. The summed E-state index contributed by atoms with van der Waals surface area (Å²) in [6.07, 6.45) is 0.141. The lowest BCUT2D eigenvalue weighted by Gasteiger charge is -2.22. The van der Waals surface area contributed by atoms with Crippen molar-refractivity contribution in [1.29, 1.82) is 0 Å². The third-order valence-corrected chi connectivity index (χ3v) is 4.61. The van der Waals surface area contributed by atoms with Gasteiger partial charge >= 0.3 is 6.03 Å². The summed E-state index contributed by atoms with van der Waals surface area (Å²) >= 11 is 0. The molecule has 29 heavy (non-hydrogen) atoms. The Kier molecular flexibility index (Phi) is 5.49. The van der Waals surface area contributed by atoms with E-state index in [4.69, 9.17) is 4.74 Å². The molecule has 152 valence electrons. The number of imide groups is 1. The molecule has 1 saturated heterocycles. The summed E-state index contributed by atoms with van der Waals surface area (Å²) in [4.78, 5) is 38.0. The number of halogens is 2. The summed E-state index contributed by atoms with van der Waals surface area (Å²) in [6, 6.07) is 9.40. The van der Waals surface area contributed by atoms with E-state index in [1.54, 1.807) is 24.3 Å². The Morgan fingerprint density at radius 1 is 1.14 bits per heavy atom. The van der Waals surface area contributed by atoms with Gasteiger partial charge in [0.05, 0.1) is 7.11 Å². The number of methoxy groups -OCH3 is 1. The Hall–Kier alpha value is -3.49. The van der Waals surface area contributed by atoms with Crippen LogP contribution in [0.4, 0.5) is 19.3 Å². The predicted octanol–water partition coefficient (Wildman–Crippen LogP) is 2.47. The van der Waals surface area contributed by atoms with Crippen molar-refractivity contribution < 1.29 is 27.9 Å². The highest BCUT2D eigenvalue weighted by atomic mass is 19.1. The molecule has 1 fully saturated rings. The maximum atomic E-state index is 13.7. The fraction of sp³-hybridized carbons (Fsp3) is 0.250. The van der Waals surface area contributed by atoms with Gasteiger partial charge in [-0.15, -0.1) is 0 Å². The number of ether oxygens (including phenoxy) is 1. The number of amides is 4. The third-order valence-electron chi connectivity index (χ3n) is 4.61. The number of para-hydroxylation sites is 2. The largest absolute Gasteiger partial charge is 0.496 e. The van der Waals surface area contributed by atoms with Gasteiger partial charge in [0.25, 0.3) is 5.91 Å². The molecule has 0 unspecified atom stereocenters. The van der Waals surface area contributed by atoms with Gasteiger partial charge in [0.2, 0.25) is 5.91 Å². The van der Waals surface area contributed by atoms with Crippen molar-refractivity contribution in [1.82, 2.24) is 10.2 Å². The Morgan fingerprint density at radius 2 is 1.79 bits per heavy atom. The lowest BCUT2D eigenvalue weighted by Crippen LogP contribution is -2.46. The van der Waals surface area contributed by atoms with E-state index in [0.717, 1.165) is 18.2 Å². The molecule has 4 amide bonds. The Bertz CT molecular complexity index is 962. The van der Waals surface area contributed by atoms with Crippen LogP contribution in [0.25, 0.3) is 0 Å². The first kappa shape index (κ1) is 20.2. The fourth-order valence-corrected chi connectivity index (χ4v) is 3.18. The van der Waals surface area contributed by atoms with Crippen molar-refractivity contribution in [3.8, 4) is 5.75 Å². The van der Waals surface area contributed by atoms with Crippen LogP contribution in [0.15, 0.2) is 42.5 Å². The van der Waals surface area contributed by atoms with Crippen molar-refractivity contribution in [3.05, 3.63) is 59.7 Å². The molecular weight excluding hydrogens is 384 g/mol. The van der Waals surface area contributed by atoms with Crippen LogP contribution < -0.4 is 15.4 Å². The number of nitrogens with one attached hydrogen (secondary N) is 2. The predicted molar refractivity (Wildman–Crippen MR) is 100 cm³/mol. The minimum atomic E-state index is -1.30. The Morgan fingerprint density at radius 3 is 2.45 bits per heavy atom. The summed E-state index contributed by atoms with van der Waals surface area (Å²) < 4.78 is 32.6. The van der Waals surface area contributed by atoms with Gasteiger partial charge in [0, 0.05) is 6.42 Å². The van der Waals surface area contributed by atoms with Crippen LogP contribution in [0, 0.1) is 11.6 Å². The number of urea groups is 1. The second-order valence-corrected chi connectivity index (χ2v) is 6.79. The van der Waals surface area contributed by atoms with E-state index in [-0.39, 0.29) is 6.42 Å². The minimum absolute atomic E-state index is 0.141. The zero-order chi connectivity index (χ0) is 21.2. The standard InChI is InChI=1S/C20H19F2N3O4/c1-20(10-12-6-3-4-9-15(12)29-2)18(27)25(19(28)24-20)11-16(26)23-17-13(21)7-5-8-14(17)22/h3-9H,10-11H2,1-2H3,(H,23,26)(H,24,28)/t20-/m0/s1. The van der Waals surface area contributed by atoms with E-state index in [9.17, 15) is 23.2 Å². The Labute approximate surface area is 165 Å². The smallest absolute Gasteiger partial charge is 0.325 e. The maximum absolute atomic E-state index is 13.7. The first-order chi connectivity index (χ1) is 13.7. The van der Waals surface area contributed by atoms with Gasteiger partial charge in [-0.2, -0.15) is 0 Å². The number of hydrogen-bond donors (Lipinski definition) is 2. The normalized spacial score (nSPS) is 18.6. The van der Waals surface area contributed by atoms with Gasteiger partial charge in [0.15, 0.2) is 0 Å². The molecule has 2 N–H and O–H groups in total. The van der Waals surface area contributed by atoms with Crippen molar-refractivity contribution in [2.45, 2.75) is 18.9 Å². The van der Waals surface area contributed by atoms with Crippen LogP contribution in [0.5, 0.6) is 5.75 Å². The van der Waals surface area contributed by atoms with Gasteiger partial charge in [-0.05, 0) is 30.7 Å². The van der Waals surface area contributed by atoms with Crippen molar-refractivity contribution in [2.24, 2.45) is 0 Å². The summed E-state index contributed by atoms with van der Waals surface area (Å²) in [7, 11) is 1.49. The summed E-state index contributed by atoms with van der Waals surface area (Å²) in [6.45, 7) is 0.855. The second-order valence-electron chi connectivity index (χ2n) is 6.79. The Balaban J connectivity index is 1.74. The molecule has 0 aromatic heterocycles. The molecule has 0 spiro atoms. The summed E-state index contributed by atoms with van der Waals surface area (Å²) in [5, 5.41) is 4.63. The van der Waals surface area contributed by atoms with E-state index in [2.05, 4.69) is 10.6 Å². The monoisotopic (exact) mass is 403 g/mol. The molecule has 1 heterocycles. The van der Waals surface area contributed by atoms with Crippen molar-refractivity contribution >= 4 is 23.5 Å². The average Bonchev–Trinajstić information content (AvgIpc) is 2.88. The molecule has 1 aliphatic rings. The third kappa shape index (κ3) is 4.03. The van der Waals surface area contributed by atoms with Crippen LogP contribution in [0.2, 0.25) is 0 Å². The molecule has 3 rings (SSSR count). The van der Waals surface area contributed by atoms with E-state index < -0.39 is 47.3 Å². The first-order valence-electron chi connectivity index (χ1n) is 8.75. The molecule has 1 aliphatic heterocycles. The molecule has 0 saturated carbocycles. The summed E-state index contributed by atoms with van der Waals surface area (Å²) in [5.74, 6) is -2.90. The number of hydrogen-bond acceptors (Lipinski definition) is 4. The van der Waals surface area contributed by atoms with E-state index in [1.165, 1.54) is 14.0 Å². The topological polar surface area (TPSA) is 87.7 Å². The number of rotatable bonds is 6. The second kappa shape index (κ2) is 7.86. The molecule has 2 aromatic carbocycles. The van der Waals surface area contributed by atoms with Gasteiger partial charge in [-0.25, -0.2) is 13.6 Å². The molecule has 0 radical (unpaired) electrons. The number of anilines is 1. The molecule has 0 aliphatic carbocycles. The lowest BCUT2D eigenvalue weighted by atomic mass is 9.92. The van der Waals surface area contributed by atoms with Crippen LogP contribution in [0.1, 0.15) is 12.5 Å². The lowest BCUT2D eigenvalue weighted by molar-refractivity contribution is -0.133. The van der Waals surface area contributed by atoms with Crippen LogP contribution in [-0.4, -0.2) is 41.9 Å². The molecular formula is C20H19F2N3O4. The van der Waals surface area contributed by atoms with E-state index >= 15 is 0 Å². The molecule has 9 heteroatoms. The number of nitrogens with zero attached hydrogens (tertiary/aromatic N) is 1. The highest BCUT2D eigenvalue weighted by Gasteiger charge is 2.48. The number of carbonyl (C=O) groups is 3. The summed E-state index contributed by atoms with van der Waals surface area (Å²) in [5.41, 5.74) is -1.23. The molecule has 2 aromatic rings. The number of carbonyl (C=O) groups excluding carboxylic acids is 3. The van der Waals surface area contributed by atoms with E-state index in [0.29, 0.717) is 16.2 Å². The molecule has 1 atom stereocenters. The highest BCUT2D eigenvalue weighted by molar-refractivity contribution is 6.10. The first-order valence-corrected chi connectivity index (χ1v) is 8.75. The quantitative estimate of drug-likeness (QED) is 0.726. The van der Waals surface area contributed by atoms with Gasteiger partial charge in [0.1, 0.15) is 35.2 Å². The van der Waals surface area contributed by atoms with Gasteiger partial charge in [-0.1, -0.05) is 24.3 Å². The van der Waals surface area contributed by atoms with Crippen molar-refractivity contribution in [3.63, 3.8) is 0 Å². The zero-order valence-corrected chi connectivity index (χ0v) is 15.8. The molecule has 0 bridgehead atoms. The minimum Gasteiger partial charge on any atom is -0.496 e. The van der Waals surface area contributed by atoms with Crippen LogP contribution in [-0.2, 0) is 16.0 Å². The zero-order valence-electron chi connectivity index (χ0n) is 15.8. The van der Waals surface area contributed by atoms with Crippen molar-refractivity contribution in [2.75, 3.05) is 19.0 Å². The molecule has 7 nitrogen and oxygen atoms in total.